The van der Waals surface area contributed by atoms with E-state index in [0.717, 1.165) is 94.6 Å². The summed E-state index contributed by atoms with van der Waals surface area (Å²) in [7, 11) is 2.63. The Hall–Kier alpha value is -6.06. The van der Waals surface area contributed by atoms with E-state index in [1.165, 1.54) is 19.5 Å². The largest absolute Gasteiger partial charge is 0.513 e. The zero-order valence-corrected chi connectivity index (χ0v) is 35.2. The molecule has 3 aromatic carbocycles. The quantitative estimate of drug-likeness (QED) is 0.122. The number of hydrogen-bond donors (Lipinski definition) is 4. The molecular formula is C46H55N8O7+. The van der Waals surface area contributed by atoms with Gasteiger partial charge in [-0.15, -0.1) is 0 Å². The molecule has 0 spiro atoms. The number of hydrogen-bond acceptors (Lipinski definition) is 9. The molecule has 2 aromatic heterocycles. The molecule has 3 saturated heterocycles. The number of aromatic nitrogens is 4. The smallest absolute Gasteiger partial charge is 0.453 e. The summed E-state index contributed by atoms with van der Waals surface area (Å²) < 4.78 is 15.2. The summed E-state index contributed by atoms with van der Waals surface area (Å²) in [5, 5.41) is 6.35. The number of rotatable bonds is 11. The van der Waals surface area contributed by atoms with E-state index >= 15 is 0 Å². The van der Waals surface area contributed by atoms with Crippen LogP contribution in [-0.4, -0.2) is 106 Å². The van der Waals surface area contributed by atoms with Crippen molar-refractivity contribution in [3.05, 3.63) is 84.7 Å². The lowest BCUT2D eigenvalue weighted by molar-refractivity contribution is -0.603. The fraction of sp³-hybridized carbons (Fsp3) is 0.435. The van der Waals surface area contributed by atoms with Crippen LogP contribution in [0.5, 0.6) is 0 Å². The van der Waals surface area contributed by atoms with Crippen LogP contribution in [-0.2, 0) is 23.8 Å². The van der Waals surface area contributed by atoms with Gasteiger partial charge in [0.05, 0.1) is 50.1 Å². The maximum atomic E-state index is 14.0. The number of nitrogens with one attached hydrogen (secondary N) is 3. The van der Waals surface area contributed by atoms with E-state index in [1.54, 1.807) is 0 Å². The number of carbonyl (C=O) groups excluding carboxylic acids is 4. The number of carbonyl (C=O) groups is 4. The number of likely N-dealkylation sites (tertiary alicyclic amines) is 2. The highest BCUT2D eigenvalue weighted by molar-refractivity contribution is 5.91. The number of imidazole rings is 2. The van der Waals surface area contributed by atoms with Crippen molar-refractivity contribution >= 4 is 34.8 Å². The van der Waals surface area contributed by atoms with Crippen molar-refractivity contribution in [1.82, 2.24) is 35.1 Å². The SMILES string of the molecule is COC(=O)NC(C(=O)N1CCCC1c1ncc(-c2ccc(-c3ccc4cc(-c5cnc(C6CCCN6C(=O)C([NH2+]C(=O)OC)C6CCOCC6)[nH]5)ccc4c3)cc2)[nH]1)C(C)C. The predicted octanol–water partition coefficient (Wildman–Crippen LogP) is 6.12. The number of fused-ring (bicyclic) bond motifs is 1. The maximum absolute atomic E-state index is 14.0. The van der Waals surface area contributed by atoms with Crippen LogP contribution in [0.1, 0.15) is 76.1 Å². The standard InChI is InChI=1S/C46H54N8O7/c1-27(2)39(51-45(57)59-3)43(55)53-19-5-7-37(53)41-47-25-35(49-41)29-11-9-28(10-12-29)31-13-14-33-24-34(16-15-32(33)23-31)36-26-48-42(50-36)38-8-6-20-54(38)44(56)40(52-46(58)60-4)30-17-21-61-22-18-30/h9-16,23-27,30,37-40H,5-8,17-22H2,1-4H3,(H,47,49)(H,48,50)(H,51,57)(H,52,58)/p+1. The van der Waals surface area contributed by atoms with Gasteiger partial charge in [0.2, 0.25) is 5.91 Å². The van der Waals surface area contributed by atoms with Crippen molar-refractivity contribution < 1.29 is 38.7 Å². The van der Waals surface area contributed by atoms with Crippen molar-refractivity contribution in [2.24, 2.45) is 11.8 Å². The lowest BCUT2D eigenvalue weighted by Gasteiger charge is -2.31. The number of nitrogens with two attached hydrogens (primary N) is 1. The Labute approximate surface area is 354 Å². The number of nitrogens with zero attached hydrogens (tertiary/aromatic N) is 4. The first-order chi connectivity index (χ1) is 29.6. The normalized spacial score (nSPS) is 19.3. The van der Waals surface area contributed by atoms with Crippen LogP contribution in [0.2, 0.25) is 0 Å². The van der Waals surface area contributed by atoms with Gasteiger partial charge in [-0.3, -0.25) is 9.59 Å². The van der Waals surface area contributed by atoms with Crippen molar-refractivity contribution in [3.8, 4) is 33.6 Å². The molecule has 0 aliphatic carbocycles. The topological polar surface area (TPSA) is 188 Å². The van der Waals surface area contributed by atoms with Gasteiger partial charge in [-0.1, -0.05) is 62.4 Å². The molecule has 61 heavy (non-hydrogen) atoms. The molecule has 0 bridgehead atoms. The molecule has 15 nitrogen and oxygen atoms in total. The number of alkyl carbamates (subject to hydrolysis) is 1. The Morgan fingerprint density at radius 3 is 1.85 bits per heavy atom. The van der Waals surface area contributed by atoms with Crippen molar-refractivity contribution in [1.29, 1.82) is 0 Å². The van der Waals surface area contributed by atoms with E-state index in [1.807, 2.05) is 36.0 Å². The number of primary amides is 1. The van der Waals surface area contributed by atoms with Crippen LogP contribution >= 0.6 is 0 Å². The van der Waals surface area contributed by atoms with Gasteiger partial charge in [-0.05, 0) is 84.0 Å². The van der Waals surface area contributed by atoms with Crippen LogP contribution in [0, 0.1) is 11.8 Å². The molecule has 3 fully saturated rings. The third-order valence-electron chi connectivity index (χ3n) is 12.5. The first-order valence-electron chi connectivity index (χ1n) is 21.3. The molecule has 4 atom stereocenters. The van der Waals surface area contributed by atoms with Gasteiger partial charge in [0, 0.05) is 37.8 Å². The van der Waals surface area contributed by atoms with Gasteiger partial charge in [0.15, 0.2) is 6.04 Å². The van der Waals surface area contributed by atoms with Crippen molar-refractivity contribution in [2.75, 3.05) is 40.5 Å². The van der Waals surface area contributed by atoms with E-state index in [0.29, 0.717) is 26.3 Å². The van der Waals surface area contributed by atoms with Gasteiger partial charge in [0.1, 0.15) is 17.7 Å². The maximum Gasteiger partial charge on any atom is 0.513 e. The van der Waals surface area contributed by atoms with Gasteiger partial charge in [-0.25, -0.2) is 20.1 Å². The van der Waals surface area contributed by atoms with Crippen LogP contribution in [0.3, 0.4) is 0 Å². The zero-order chi connectivity index (χ0) is 42.6. The number of quaternary nitrogens is 1. The van der Waals surface area contributed by atoms with Crippen molar-refractivity contribution in [2.45, 2.75) is 76.5 Å². The molecule has 5 N–H and O–H groups in total. The summed E-state index contributed by atoms with van der Waals surface area (Å²) in [5.41, 5.74) is 5.90. The minimum Gasteiger partial charge on any atom is -0.453 e. The Morgan fingerprint density at radius 2 is 1.26 bits per heavy atom. The number of amides is 4. The second-order valence-corrected chi connectivity index (χ2v) is 16.6. The predicted molar refractivity (Wildman–Crippen MR) is 228 cm³/mol. The summed E-state index contributed by atoms with van der Waals surface area (Å²) in [6.45, 7) is 6.18. The molecule has 8 rings (SSSR count). The summed E-state index contributed by atoms with van der Waals surface area (Å²) in [6.07, 6.45) is 7.28. The third kappa shape index (κ3) is 8.89. The Bertz CT molecular complexity index is 2370. The van der Waals surface area contributed by atoms with E-state index in [4.69, 9.17) is 24.2 Å². The lowest BCUT2D eigenvalue weighted by Crippen LogP contribution is -2.97. The van der Waals surface area contributed by atoms with Gasteiger partial charge < -0.3 is 39.3 Å². The molecule has 15 heteroatoms. The second kappa shape index (κ2) is 18.3. The molecule has 0 saturated carbocycles. The van der Waals surface area contributed by atoms with Crippen molar-refractivity contribution in [3.63, 3.8) is 0 Å². The molecule has 4 amide bonds. The van der Waals surface area contributed by atoms with Gasteiger partial charge in [-0.2, -0.15) is 4.79 Å². The van der Waals surface area contributed by atoms with Gasteiger partial charge >= 0.3 is 12.2 Å². The molecule has 5 heterocycles. The lowest BCUT2D eigenvalue weighted by atomic mass is 9.90. The van der Waals surface area contributed by atoms with Crippen LogP contribution in [0.25, 0.3) is 44.4 Å². The molecule has 0 radical (unpaired) electrons. The van der Waals surface area contributed by atoms with E-state index < -0.39 is 24.3 Å². The molecule has 320 valence electrons. The number of aromatic amines is 2. The number of H-pyrrole nitrogens is 2. The molecule has 3 aliphatic rings. The van der Waals surface area contributed by atoms with Crippen LogP contribution in [0.15, 0.2) is 73.1 Å². The monoisotopic (exact) mass is 831 g/mol. The number of ether oxygens (including phenoxy) is 3. The zero-order valence-electron chi connectivity index (χ0n) is 35.2. The minimum absolute atomic E-state index is 0.0281. The molecular weight excluding hydrogens is 777 g/mol. The second-order valence-electron chi connectivity index (χ2n) is 16.6. The summed E-state index contributed by atoms with van der Waals surface area (Å²) in [4.78, 5) is 72.1. The van der Waals surface area contributed by atoms with Crippen LogP contribution in [0.4, 0.5) is 9.59 Å². The highest BCUT2D eigenvalue weighted by Gasteiger charge is 2.43. The summed E-state index contributed by atoms with van der Waals surface area (Å²) in [6, 6.07) is 19.5. The van der Waals surface area contributed by atoms with E-state index in [9.17, 15) is 19.2 Å². The average Bonchev–Trinajstić information content (AvgIpc) is 4.14. The minimum atomic E-state index is -0.688. The number of methoxy groups -OCH3 is 2. The average molecular weight is 832 g/mol. The highest BCUT2D eigenvalue weighted by Crippen LogP contribution is 2.36. The third-order valence-corrected chi connectivity index (χ3v) is 12.5. The molecule has 3 aliphatic heterocycles. The van der Waals surface area contributed by atoms with E-state index in [2.05, 4.69) is 75.9 Å². The molecule has 5 aromatic rings. The first-order valence-corrected chi connectivity index (χ1v) is 21.3. The van der Waals surface area contributed by atoms with Gasteiger partial charge in [0.25, 0.3) is 5.91 Å². The van der Waals surface area contributed by atoms with Crippen LogP contribution < -0.4 is 10.6 Å². The summed E-state index contributed by atoms with van der Waals surface area (Å²) >= 11 is 0. The Balaban J connectivity index is 0.936. The number of benzene rings is 3. The van der Waals surface area contributed by atoms with E-state index in [-0.39, 0.29) is 35.7 Å². The Morgan fingerprint density at radius 1 is 0.721 bits per heavy atom. The highest BCUT2D eigenvalue weighted by atomic mass is 16.5. The Kier molecular flexibility index (Phi) is 12.5. The summed E-state index contributed by atoms with van der Waals surface area (Å²) in [5.74, 6) is 1.20. The first kappa shape index (κ1) is 41.7. The fourth-order valence-electron chi connectivity index (χ4n) is 9.14. The fourth-order valence-corrected chi connectivity index (χ4v) is 9.14. The molecule has 4 unspecified atom stereocenters.